The Hall–Kier alpha value is -1.61. The van der Waals surface area contributed by atoms with Crippen molar-refractivity contribution < 1.29 is 4.42 Å². The van der Waals surface area contributed by atoms with Crippen molar-refractivity contribution in [2.24, 2.45) is 0 Å². The molecule has 0 radical (unpaired) electrons. The summed E-state index contributed by atoms with van der Waals surface area (Å²) >= 11 is 0. The number of nitrogens with one attached hydrogen (secondary N) is 1. The third kappa shape index (κ3) is 2.14. The van der Waals surface area contributed by atoms with Crippen LogP contribution in [0.1, 0.15) is 18.7 Å². The summed E-state index contributed by atoms with van der Waals surface area (Å²) in [6.45, 7) is 0.734. The van der Waals surface area contributed by atoms with Crippen molar-refractivity contribution in [3.63, 3.8) is 0 Å². The van der Waals surface area contributed by atoms with E-state index in [0.29, 0.717) is 6.04 Å². The molecule has 1 heterocycles. The fraction of sp³-hybridized carbons (Fsp3) is 0.308. The number of oxazole rings is 1. The number of rotatable bonds is 4. The summed E-state index contributed by atoms with van der Waals surface area (Å²) in [5.74, 6) is 1.61. The summed E-state index contributed by atoms with van der Waals surface area (Å²) in [6.07, 6.45) is 4.36. The van der Waals surface area contributed by atoms with Crippen LogP contribution in [-0.2, 0) is 6.54 Å². The molecular weight excluding hydrogens is 200 g/mol. The first-order valence-corrected chi connectivity index (χ1v) is 5.65. The largest absolute Gasteiger partial charge is 0.439 e. The van der Waals surface area contributed by atoms with E-state index in [9.17, 15) is 0 Å². The van der Waals surface area contributed by atoms with Crippen LogP contribution in [0.2, 0.25) is 0 Å². The number of benzene rings is 1. The van der Waals surface area contributed by atoms with Gasteiger partial charge in [-0.3, -0.25) is 0 Å². The molecule has 0 amide bonds. The van der Waals surface area contributed by atoms with Crippen molar-refractivity contribution in [3.8, 4) is 11.3 Å². The van der Waals surface area contributed by atoms with Gasteiger partial charge in [-0.25, -0.2) is 4.98 Å². The topological polar surface area (TPSA) is 38.1 Å². The highest BCUT2D eigenvalue weighted by molar-refractivity contribution is 5.55. The van der Waals surface area contributed by atoms with Gasteiger partial charge < -0.3 is 9.73 Å². The van der Waals surface area contributed by atoms with Gasteiger partial charge in [-0.2, -0.15) is 0 Å². The quantitative estimate of drug-likeness (QED) is 0.850. The van der Waals surface area contributed by atoms with Crippen LogP contribution in [0.25, 0.3) is 11.3 Å². The maximum Gasteiger partial charge on any atom is 0.208 e. The Balaban J connectivity index is 1.71. The van der Waals surface area contributed by atoms with Gasteiger partial charge in [0.05, 0.1) is 12.7 Å². The average molecular weight is 214 g/mol. The van der Waals surface area contributed by atoms with E-state index in [0.717, 1.165) is 23.8 Å². The lowest BCUT2D eigenvalue weighted by molar-refractivity contribution is 0.476. The van der Waals surface area contributed by atoms with Gasteiger partial charge in [-0.1, -0.05) is 30.3 Å². The highest BCUT2D eigenvalue weighted by atomic mass is 16.4. The normalized spacial score (nSPS) is 15.2. The molecule has 1 aliphatic carbocycles. The SMILES string of the molecule is c1ccc(-c2cnc(CNC3CC3)o2)cc1. The molecule has 1 fully saturated rings. The van der Waals surface area contributed by atoms with E-state index < -0.39 is 0 Å². The predicted molar refractivity (Wildman–Crippen MR) is 61.8 cm³/mol. The van der Waals surface area contributed by atoms with E-state index in [1.165, 1.54) is 12.8 Å². The van der Waals surface area contributed by atoms with Crippen LogP contribution >= 0.6 is 0 Å². The van der Waals surface area contributed by atoms with E-state index in [2.05, 4.69) is 10.3 Å². The fourth-order valence-corrected chi connectivity index (χ4v) is 1.65. The number of hydrogen-bond acceptors (Lipinski definition) is 3. The third-order valence-corrected chi connectivity index (χ3v) is 2.73. The molecule has 0 spiro atoms. The minimum Gasteiger partial charge on any atom is -0.439 e. The molecule has 16 heavy (non-hydrogen) atoms. The summed E-state index contributed by atoms with van der Waals surface area (Å²) < 4.78 is 5.67. The van der Waals surface area contributed by atoms with Crippen LogP contribution in [-0.4, -0.2) is 11.0 Å². The summed E-state index contributed by atoms with van der Waals surface area (Å²) in [7, 11) is 0. The van der Waals surface area contributed by atoms with Crippen LogP contribution in [0.15, 0.2) is 40.9 Å². The van der Waals surface area contributed by atoms with Crippen molar-refractivity contribution in [1.29, 1.82) is 0 Å². The molecule has 1 aromatic carbocycles. The second-order valence-corrected chi connectivity index (χ2v) is 4.14. The fourth-order valence-electron chi connectivity index (χ4n) is 1.65. The van der Waals surface area contributed by atoms with Crippen LogP contribution < -0.4 is 5.32 Å². The van der Waals surface area contributed by atoms with E-state index in [1.54, 1.807) is 6.20 Å². The third-order valence-electron chi connectivity index (χ3n) is 2.73. The molecule has 0 atom stereocenters. The summed E-state index contributed by atoms with van der Waals surface area (Å²) in [4.78, 5) is 4.26. The van der Waals surface area contributed by atoms with Crippen molar-refractivity contribution in [2.75, 3.05) is 0 Å². The Morgan fingerprint density at radius 3 is 2.81 bits per heavy atom. The van der Waals surface area contributed by atoms with Gasteiger partial charge in [0.15, 0.2) is 5.76 Å². The lowest BCUT2D eigenvalue weighted by Crippen LogP contribution is -2.15. The zero-order chi connectivity index (χ0) is 10.8. The maximum absolute atomic E-state index is 5.67. The minimum absolute atomic E-state index is 0.687. The molecule has 3 rings (SSSR count). The average Bonchev–Trinajstić information content (AvgIpc) is 3.05. The molecule has 3 nitrogen and oxygen atoms in total. The Kier molecular flexibility index (Phi) is 2.46. The zero-order valence-electron chi connectivity index (χ0n) is 9.02. The zero-order valence-corrected chi connectivity index (χ0v) is 9.02. The first-order valence-electron chi connectivity index (χ1n) is 5.65. The van der Waals surface area contributed by atoms with E-state index in [4.69, 9.17) is 4.42 Å². The molecule has 0 saturated heterocycles. The van der Waals surface area contributed by atoms with Crippen LogP contribution in [0, 0.1) is 0 Å². The smallest absolute Gasteiger partial charge is 0.208 e. The lowest BCUT2D eigenvalue weighted by atomic mass is 10.2. The first-order chi connectivity index (χ1) is 7.92. The minimum atomic E-state index is 0.687. The predicted octanol–water partition coefficient (Wildman–Crippen LogP) is 2.59. The summed E-state index contributed by atoms with van der Waals surface area (Å²) in [6, 6.07) is 10.7. The van der Waals surface area contributed by atoms with Crippen LogP contribution in [0.4, 0.5) is 0 Å². The monoisotopic (exact) mass is 214 g/mol. The van der Waals surface area contributed by atoms with Gasteiger partial charge in [0, 0.05) is 11.6 Å². The van der Waals surface area contributed by atoms with Gasteiger partial charge in [-0.15, -0.1) is 0 Å². The number of nitrogens with zero attached hydrogens (tertiary/aromatic N) is 1. The second kappa shape index (κ2) is 4.10. The van der Waals surface area contributed by atoms with Crippen molar-refractivity contribution in [2.45, 2.75) is 25.4 Å². The van der Waals surface area contributed by atoms with Crippen LogP contribution in [0.3, 0.4) is 0 Å². The van der Waals surface area contributed by atoms with E-state index in [-0.39, 0.29) is 0 Å². The molecule has 1 N–H and O–H groups in total. The lowest BCUT2D eigenvalue weighted by Gasteiger charge is -1.97. The molecule has 1 aliphatic rings. The molecule has 0 aliphatic heterocycles. The second-order valence-electron chi connectivity index (χ2n) is 4.14. The molecule has 1 aromatic heterocycles. The van der Waals surface area contributed by atoms with Gasteiger partial charge in [0.2, 0.25) is 5.89 Å². The van der Waals surface area contributed by atoms with Crippen molar-refractivity contribution in [3.05, 3.63) is 42.4 Å². The molecular formula is C13H14N2O. The van der Waals surface area contributed by atoms with Crippen molar-refractivity contribution in [1.82, 2.24) is 10.3 Å². The van der Waals surface area contributed by atoms with Gasteiger partial charge in [-0.05, 0) is 12.8 Å². The highest BCUT2D eigenvalue weighted by Gasteiger charge is 2.20. The Labute approximate surface area is 94.5 Å². The molecule has 0 bridgehead atoms. The summed E-state index contributed by atoms with van der Waals surface area (Å²) in [5, 5.41) is 3.38. The standard InChI is InChI=1S/C13H14N2O/c1-2-4-10(5-3-1)12-8-15-13(16-12)9-14-11-6-7-11/h1-5,8,11,14H,6-7,9H2. The number of hydrogen-bond donors (Lipinski definition) is 1. The van der Waals surface area contributed by atoms with E-state index >= 15 is 0 Å². The number of aromatic nitrogens is 1. The maximum atomic E-state index is 5.67. The van der Waals surface area contributed by atoms with E-state index in [1.807, 2.05) is 30.3 Å². The summed E-state index contributed by atoms with van der Waals surface area (Å²) in [5.41, 5.74) is 1.08. The molecule has 82 valence electrons. The molecule has 2 aromatic rings. The molecule has 1 saturated carbocycles. The van der Waals surface area contributed by atoms with Gasteiger partial charge in [0.1, 0.15) is 0 Å². The van der Waals surface area contributed by atoms with Crippen molar-refractivity contribution >= 4 is 0 Å². The molecule has 3 heteroatoms. The first kappa shape index (κ1) is 9.60. The van der Waals surface area contributed by atoms with Gasteiger partial charge >= 0.3 is 0 Å². The molecule has 0 unspecified atom stereocenters. The van der Waals surface area contributed by atoms with Gasteiger partial charge in [0.25, 0.3) is 0 Å². The Morgan fingerprint density at radius 1 is 1.25 bits per heavy atom. The highest BCUT2D eigenvalue weighted by Crippen LogP contribution is 2.21. The Morgan fingerprint density at radius 2 is 2.06 bits per heavy atom. The van der Waals surface area contributed by atoms with Crippen LogP contribution in [0.5, 0.6) is 0 Å². The Bertz CT molecular complexity index is 460.